The van der Waals surface area contributed by atoms with Gasteiger partial charge in [-0.15, -0.1) is 0 Å². The number of pyridine rings is 1. The minimum atomic E-state index is 0.295. The van der Waals surface area contributed by atoms with E-state index in [0.29, 0.717) is 11.8 Å². The molecule has 0 aromatic carbocycles. The number of aromatic nitrogens is 1. The summed E-state index contributed by atoms with van der Waals surface area (Å²) < 4.78 is 1.01. The van der Waals surface area contributed by atoms with Crippen LogP contribution < -0.4 is 4.90 Å². The van der Waals surface area contributed by atoms with Crippen LogP contribution in [0.2, 0.25) is 0 Å². The summed E-state index contributed by atoms with van der Waals surface area (Å²) in [5.41, 5.74) is 1.18. The van der Waals surface area contributed by atoms with Crippen molar-refractivity contribution >= 4 is 27.7 Å². The second-order valence-corrected chi connectivity index (χ2v) is 7.00. The lowest BCUT2D eigenvalue weighted by Crippen LogP contribution is -2.50. The SMILES string of the molecule is Cc1cc(Br)cnc1N1CCN(C(=O)C2CCCC2)CC1. The first-order chi connectivity index (χ1) is 10.1. The fourth-order valence-electron chi connectivity index (χ4n) is 3.43. The Kier molecular flexibility index (Phi) is 4.48. The maximum Gasteiger partial charge on any atom is 0.225 e. The molecule has 0 bridgehead atoms. The lowest BCUT2D eigenvalue weighted by molar-refractivity contribution is -0.135. The molecule has 2 fully saturated rings. The van der Waals surface area contributed by atoms with Gasteiger partial charge in [0.05, 0.1) is 0 Å². The third kappa shape index (κ3) is 3.23. The normalized spacial score (nSPS) is 20.1. The molecule has 0 atom stereocenters. The van der Waals surface area contributed by atoms with Crippen molar-refractivity contribution in [1.29, 1.82) is 0 Å². The molecule has 2 aliphatic rings. The number of amides is 1. The summed E-state index contributed by atoms with van der Waals surface area (Å²) in [6.07, 6.45) is 6.47. The van der Waals surface area contributed by atoms with Crippen LogP contribution in [0.15, 0.2) is 16.7 Å². The number of carbonyl (C=O) groups excluding carboxylic acids is 1. The summed E-state index contributed by atoms with van der Waals surface area (Å²) in [5, 5.41) is 0. The summed E-state index contributed by atoms with van der Waals surface area (Å²) >= 11 is 3.45. The Balaban J connectivity index is 1.60. The number of halogens is 1. The average Bonchev–Trinajstić information content (AvgIpc) is 3.01. The van der Waals surface area contributed by atoms with Crippen molar-refractivity contribution in [2.45, 2.75) is 32.6 Å². The third-order valence-electron chi connectivity index (χ3n) is 4.61. The van der Waals surface area contributed by atoms with Crippen LogP contribution >= 0.6 is 15.9 Å². The molecule has 3 rings (SSSR count). The van der Waals surface area contributed by atoms with Crippen molar-refractivity contribution in [3.8, 4) is 0 Å². The van der Waals surface area contributed by atoms with Crippen LogP contribution in [0.3, 0.4) is 0 Å². The van der Waals surface area contributed by atoms with E-state index >= 15 is 0 Å². The van der Waals surface area contributed by atoms with Gasteiger partial charge >= 0.3 is 0 Å². The first-order valence-electron chi connectivity index (χ1n) is 7.81. The van der Waals surface area contributed by atoms with Crippen LogP contribution in [0.1, 0.15) is 31.2 Å². The fourth-order valence-corrected chi connectivity index (χ4v) is 3.88. The van der Waals surface area contributed by atoms with Crippen LogP contribution in [-0.2, 0) is 4.79 Å². The molecular formula is C16H22BrN3O. The Labute approximate surface area is 134 Å². The molecule has 0 N–H and O–H groups in total. The zero-order chi connectivity index (χ0) is 14.8. The van der Waals surface area contributed by atoms with E-state index in [9.17, 15) is 4.79 Å². The van der Waals surface area contributed by atoms with Crippen molar-refractivity contribution in [3.63, 3.8) is 0 Å². The standard InChI is InChI=1S/C16H22BrN3O/c1-12-10-14(17)11-18-15(12)19-6-8-20(9-7-19)16(21)13-4-2-3-5-13/h10-11,13H,2-9H2,1H3. The average molecular weight is 352 g/mol. The molecule has 0 radical (unpaired) electrons. The monoisotopic (exact) mass is 351 g/mol. The highest BCUT2D eigenvalue weighted by Crippen LogP contribution is 2.27. The molecule has 21 heavy (non-hydrogen) atoms. The van der Waals surface area contributed by atoms with E-state index in [2.05, 4.69) is 43.7 Å². The van der Waals surface area contributed by atoms with Crippen LogP contribution in [0.5, 0.6) is 0 Å². The van der Waals surface area contributed by atoms with Gasteiger partial charge in [0.15, 0.2) is 0 Å². The number of carbonyl (C=O) groups is 1. The van der Waals surface area contributed by atoms with Crippen molar-refractivity contribution < 1.29 is 4.79 Å². The zero-order valence-electron chi connectivity index (χ0n) is 12.5. The highest BCUT2D eigenvalue weighted by Gasteiger charge is 2.29. The van der Waals surface area contributed by atoms with Gasteiger partial charge in [-0.05, 0) is 47.3 Å². The van der Waals surface area contributed by atoms with Crippen LogP contribution in [0.25, 0.3) is 0 Å². The number of aryl methyl sites for hydroxylation is 1. The Morgan fingerprint density at radius 1 is 1.24 bits per heavy atom. The first-order valence-corrected chi connectivity index (χ1v) is 8.60. The Morgan fingerprint density at radius 3 is 2.52 bits per heavy atom. The topological polar surface area (TPSA) is 36.4 Å². The van der Waals surface area contributed by atoms with Gasteiger partial charge in [-0.2, -0.15) is 0 Å². The molecule has 4 nitrogen and oxygen atoms in total. The van der Waals surface area contributed by atoms with Gasteiger partial charge in [0.2, 0.25) is 5.91 Å². The summed E-state index contributed by atoms with van der Waals surface area (Å²) in [4.78, 5) is 21.3. The third-order valence-corrected chi connectivity index (χ3v) is 5.05. The highest BCUT2D eigenvalue weighted by atomic mass is 79.9. The van der Waals surface area contributed by atoms with Gasteiger partial charge in [0.25, 0.3) is 0 Å². The second kappa shape index (κ2) is 6.34. The second-order valence-electron chi connectivity index (χ2n) is 6.09. The summed E-state index contributed by atoms with van der Waals surface area (Å²) in [7, 11) is 0. The number of rotatable bonds is 2. The molecule has 1 aliphatic heterocycles. The van der Waals surface area contributed by atoms with E-state index in [1.54, 1.807) is 0 Å². The minimum absolute atomic E-state index is 0.295. The minimum Gasteiger partial charge on any atom is -0.353 e. The maximum absolute atomic E-state index is 12.4. The van der Waals surface area contributed by atoms with Crippen molar-refractivity contribution in [1.82, 2.24) is 9.88 Å². The molecule has 1 aromatic heterocycles. The quantitative estimate of drug-likeness (QED) is 0.821. The highest BCUT2D eigenvalue weighted by molar-refractivity contribution is 9.10. The van der Waals surface area contributed by atoms with Crippen LogP contribution in [-0.4, -0.2) is 42.0 Å². The van der Waals surface area contributed by atoms with Gasteiger partial charge in [0.1, 0.15) is 5.82 Å². The Hall–Kier alpha value is -1.10. The van der Waals surface area contributed by atoms with E-state index < -0.39 is 0 Å². The number of piperazine rings is 1. The van der Waals surface area contributed by atoms with E-state index in [4.69, 9.17) is 0 Å². The summed E-state index contributed by atoms with van der Waals surface area (Å²) in [5.74, 6) is 1.72. The molecule has 1 saturated heterocycles. The lowest BCUT2D eigenvalue weighted by atomic mass is 10.1. The summed E-state index contributed by atoms with van der Waals surface area (Å²) in [6.45, 7) is 5.50. The Morgan fingerprint density at radius 2 is 1.90 bits per heavy atom. The van der Waals surface area contributed by atoms with E-state index in [-0.39, 0.29) is 0 Å². The molecular weight excluding hydrogens is 330 g/mol. The van der Waals surface area contributed by atoms with Crippen molar-refractivity contribution in [2.24, 2.45) is 5.92 Å². The molecule has 0 unspecified atom stereocenters. The van der Waals surface area contributed by atoms with Crippen molar-refractivity contribution in [2.75, 3.05) is 31.1 Å². The molecule has 0 spiro atoms. The van der Waals surface area contributed by atoms with Gasteiger partial charge < -0.3 is 9.80 Å². The molecule has 1 aliphatic carbocycles. The maximum atomic E-state index is 12.4. The van der Waals surface area contributed by atoms with Crippen LogP contribution in [0.4, 0.5) is 5.82 Å². The first kappa shape index (κ1) is 14.8. The molecule has 1 amide bonds. The van der Waals surface area contributed by atoms with Gasteiger partial charge in [0, 0.05) is 42.8 Å². The van der Waals surface area contributed by atoms with E-state index in [1.807, 2.05) is 6.20 Å². The molecule has 1 saturated carbocycles. The molecule has 114 valence electrons. The summed E-state index contributed by atoms with van der Waals surface area (Å²) in [6, 6.07) is 2.10. The zero-order valence-corrected chi connectivity index (χ0v) is 14.1. The lowest BCUT2D eigenvalue weighted by Gasteiger charge is -2.37. The van der Waals surface area contributed by atoms with Gasteiger partial charge in [-0.3, -0.25) is 4.79 Å². The predicted molar refractivity (Wildman–Crippen MR) is 87.4 cm³/mol. The largest absolute Gasteiger partial charge is 0.353 e. The van der Waals surface area contributed by atoms with E-state index in [1.165, 1.54) is 18.4 Å². The molecule has 5 heteroatoms. The van der Waals surface area contributed by atoms with Crippen molar-refractivity contribution in [3.05, 3.63) is 22.3 Å². The Bertz CT molecular complexity index is 520. The van der Waals surface area contributed by atoms with Gasteiger partial charge in [-0.1, -0.05) is 12.8 Å². The smallest absolute Gasteiger partial charge is 0.225 e. The van der Waals surface area contributed by atoms with E-state index in [0.717, 1.165) is 49.3 Å². The fraction of sp³-hybridized carbons (Fsp3) is 0.625. The van der Waals surface area contributed by atoms with Gasteiger partial charge in [-0.25, -0.2) is 4.98 Å². The van der Waals surface area contributed by atoms with Crippen LogP contribution in [0, 0.1) is 12.8 Å². The number of nitrogens with zero attached hydrogens (tertiary/aromatic N) is 3. The molecule has 2 heterocycles. The number of hydrogen-bond donors (Lipinski definition) is 0. The predicted octanol–water partition coefficient (Wildman–Crippen LogP) is 2.99. The molecule has 1 aromatic rings. The number of anilines is 1. The number of hydrogen-bond acceptors (Lipinski definition) is 3.